The van der Waals surface area contributed by atoms with Crippen LogP contribution in [0.5, 0.6) is 0 Å². The standard InChI is InChI=1S/C10H19F6NO2Si/c1-18-20(16,19-2)5-3-4-17-9(7-12)8(6-11)10(13,14)15/h8-9,17H,3-7H2,1-2H3. The fourth-order valence-electron chi connectivity index (χ4n) is 1.60. The van der Waals surface area contributed by atoms with Gasteiger partial charge in [-0.05, 0) is 13.0 Å². The number of alkyl halides is 5. The lowest BCUT2D eigenvalue weighted by Gasteiger charge is -2.26. The summed E-state index contributed by atoms with van der Waals surface area (Å²) in [5, 5.41) is 2.26. The first-order valence-corrected chi connectivity index (χ1v) is 7.85. The van der Waals surface area contributed by atoms with Crippen LogP contribution in [0.15, 0.2) is 0 Å². The summed E-state index contributed by atoms with van der Waals surface area (Å²) in [7, 11) is -1.51. The van der Waals surface area contributed by atoms with Gasteiger partial charge < -0.3 is 14.2 Å². The molecule has 0 saturated carbocycles. The molecule has 2 unspecified atom stereocenters. The average Bonchev–Trinajstić information content (AvgIpc) is 2.40. The van der Waals surface area contributed by atoms with Crippen molar-refractivity contribution in [3.63, 3.8) is 0 Å². The van der Waals surface area contributed by atoms with Crippen molar-refractivity contribution >= 4 is 8.89 Å². The van der Waals surface area contributed by atoms with Crippen molar-refractivity contribution in [1.29, 1.82) is 0 Å². The zero-order chi connectivity index (χ0) is 15.8. The maximum absolute atomic E-state index is 13.6. The minimum Gasteiger partial charge on any atom is -0.374 e. The van der Waals surface area contributed by atoms with E-state index in [0.29, 0.717) is 0 Å². The maximum Gasteiger partial charge on any atom is 0.539 e. The number of halogens is 6. The SMILES string of the molecule is CO[Si](F)(CCCNC(CF)C(CF)C(F)(F)F)OC. The summed E-state index contributed by atoms with van der Waals surface area (Å²) < 4.78 is 85.0. The van der Waals surface area contributed by atoms with Crippen LogP contribution in [0.1, 0.15) is 6.42 Å². The topological polar surface area (TPSA) is 30.5 Å². The Morgan fingerprint density at radius 1 is 1.10 bits per heavy atom. The van der Waals surface area contributed by atoms with Crippen LogP contribution in [0, 0.1) is 5.92 Å². The fraction of sp³-hybridized carbons (Fsp3) is 1.00. The van der Waals surface area contributed by atoms with Gasteiger partial charge in [-0.15, -0.1) is 0 Å². The highest BCUT2D eigenvalue weighted by atomic mass is 28.4. The maximum atomic E-state index is 13.6. The third-order valence-corrected chi connectivity index (χ3v) is 5.08. The lowest BCUT2D eigenvalue weighted by atomic mass is 10.0. The van der Waals surface area contributed by atoms with Crippen LogP contribution < -0.4 is 5.32 Å². The molecule has 0 radical (unpaired) electrons. The Kier molecular flexibility index (Phi) is 8.71. The van der Waals surface area contributed by atoms with Crippen LogP contribution in [0.4, 0.5) is 26.1 Å². The zero-order valence-corrected chi connectivity index (χ0v) is 12.3. The van der Waals surface area contributed by atoms with E-state index < -0.39 is 40.4 Å². The molecule has 0 aliphatic rings. The molecule has 0 fully saturated rings. The highest BCUT2D eigenvalue weighted by Gasteiger charge is 2.45. The molecule has 0 aromatic carbocycles. The van der Waals surface area contributed by atoms with Gasteiger partial charge >= 0.3 is 15.1 Å². The van der Waals surface area contributed by atoms with Crippen molar-refractivity contribution in [3.05, 3.63) is 0 Å². The van der Waals surface area contributed by atoms with E-state index in [0.717, 1.165) is 14.2 Å². The quantitative estimate of drug-likeness (QED) is 0.290. The fourth-order valence-corrected chi connectivity index (χ4v) is 2.78. The van der Waals surface area contributed by atoms with Gasteiger partial charge in [0.15, 0.2) is 0 Å². The van der Waals surface area contributed by atoms with Gasteiger partial charge in [0.05, 0.1) is 0 Å². The van der Waals surface area contributed by atoms with E-state index in [4.69, 9.17) is 0 Å². The molecule has 122 valence electrons. The Bertz CT molecular complexity index is 265. The van der Waals surface area contributed by atoms with Crippen molar-refractivity contribution in [2.75, 3.05) is 34.1 Å². The van der Waals surface area contributed by atoms with Crippen LogP contribution in [0.3, 0.4) is 0 Å². The van der Waals surface area contributed by atoms with E-state index in [1.165, 1.54) is 0 Å². The predicted octanol–water partition coefficient (Wildman–Crippen LogP) is 2.65. The first-order valence-electron chi connectivity index (χ1n) is 5.95. The average molecular weight is 327 g/mol. The van der Waals surface area contributed by atoms with Gasteiger partial charge in [0, 0.05) is 26.3 Å². The summed E-state index contributed by atoms with van der Waals surface area (Å²) in [4.78, 5) is 0. The summed E-state index contributed by atoms with van der Waals surface area (Å²) in [6, 6.07) is -1.79. The van der Waals surface area contributed by atoms with Gasteiger partial charge in [-0.1, -0.05) is 0 Å². The van der Waals surface area contributed by atoms with Gasteiger partial charge in [0.25, 0.3) is 0 Å². The zero-order valence-electron chi connectivity index (χ0n) is 11.3. The molecule has 0 amide bonds. The molecule has 0 aliphatic carbocycles. The van der Waals surface area contributed by atoms with Crippen molar-refractivity contribution in [2.45, 2.75) is 24.7 Å². The molecule has 10 heteroatoms. The Balaban J connectivity index is 4.27. The van der Waals surface area contributed by atoms with Gasteiger partial charge in [-0.2, -0.15) is 13.2 Å². The van der Waals surface area contributed by atoms with E-state index in [-0.39, 0.29) is 19.0 Å². The van der Waals surface area contributed by atoms with Crippen LogP contribution in [0.2, 0.25) is 6.04 Å². The second kappa shape index (κ2) is 8.85. The minimum atomic E-state index is -4.82. The molecule has 1 N–H and O–H groups in total. The predicted molar refractivity (Wildman–Crippen MR) is 63.6 cm³/mol. The van der Waals surface area contributed by atoms with Crippen molar-refractivity contribution < 1.29 is 34.9 Å². The number of hydrogen-bond acceptors (Lipinski definition) is 3. The summed E-state index contributed by atoms with van der Waals surface area (Å²) in [5.41, 5.74) is 0. The monoisotopic (exact) mass is 327 g/mol. The summed E-state index contributed by atoms with van der Waals surface area (Å²) in [5.74, 6) is -2.41. The summed E-state index contributed by atoms with van der Waals surface area (Å²) >= 11 is 0. The molecule has 0 heterocycles. The lowest BCUT2D eigenvalue weighted by molar-refractivity contribution is -0.187. The van der Waals surface area contributed by atoms with Gasteiger partial charge in [0.2, 0.25) is 0 Å². The van der Waals surface area contributed by atoms with E-state index in [1.807, 2.05) is 0 Å². The molecule has 3 nitrogen and oxygen atoms in total. The number of rotatable bonds is 10. The molecule has 0 rings (SSSR count). The number of nitrogens with one attached hydrogen (secondary N) is 1. The largest absolute Gasteiger partial charge is 0.539 e. The lowest BCUT2D eigenvalue weighted by Crippen LogP contribution is -2.47. The summed E-state index contributed by atoms with van der Waals surface area (Å²) in [6.07, 6.45) is -4.73. The third kappa shape index (κ3) is 6.42. The van der Waals surface area contributed by atoms with Gasteiger partial charge in [0.1, 0.15) is 19.3 Å². The van der Waals surface area contributed by atoms with Gasteiger partial charge in [-0.3, -0.25) is 4.39 Å². The van der Waals surface area contributed by atoms with Crippen molar-refractivity contribution in [2.24, 2.45) is 5.92 Å². The molecule has 20 heavy (non-hydrogen) atoms. The molecule has 0 spiro atoms. The Morgan fingerprint density at radius 2 is 1.65 bits per heavy atom. The first kappa shape index (κ1) is 19.7. The highest BCUT2D eigenvalue weighted by Crippen LogP contribution is 2.29. The Hall–Kier alpha value is -0.323. The first-order chi connectivity index (χ1) is 9.24. The summed E-state index contributed by atoms with van der Waals surface area (Å²) in [6.45, 7) is -3.16. The highest BCUT2D eigenvalue weighted by molar-refractivity contribution is 6.59. The molecule has 0 aliphatic heterocycles. The second-order valence-corrected chi connectivity index (χ2v) is 6.83. The van der Waals surface area contributed by atoms with Crippen molar-refractivity contribution in [1.82, 2.24) is 5.32 Å². The molecule has 2 atom stereocenters. The number of hydrogen-bond donors (Lipinski definition) is 1. The van der Waals surface area contributed by atoms with Crippen molar-refractivity contribution in [3.8, 4) is 0 Å². The van der Waals surface area contributed by atoms with Crippen LogP contribution in [-0.2, 0) is 8.85 Å². The molecule has 0 bridgehead atoms. The third-order valence-electron chi connectivity index (χ3n) is 2.91. The Labute approximate surface area is 115 Å². The van der Waals surface area contributed by atoms with Crippen LogP contribution in [-0.4, -0.2) is 55.2 Å². The van der Waals surface area contributed by atoms with Gasteiger partial charge in [-0.25, -0.2) is 8.50 Å². The Morgan fingerprint density at radius 3 is 2.00 bits per heavy atom. The molecule has 0 saturated heterocycles. The molecule has 0 aromatic rings. The molecule has 0 aromatic heterocycles. The minimum absolute atomic E-state index is 0.0907. The molecular weight excluding hydrogens is 308 g/mol. The van der Waals surface area contributed by atoms with E-state index in [2.05, 4.69) is 14.2 Å². The second-order valence-electron chi connectivity index (χ2n) is 4.19. The van der Waals surface area contributed by atoms with E-state index >= 15 is 0 Å². The smallest absolute Gasteiger partial charge is 0.374 e. The normalized spacial score (nSPS) is 16.2. The van der Waals surface area contributed by atoms with E-state index in [9.17, 15) is 26.1 Å². The molecular formula is C10H19F6NO2Si. The van der Waals surface area contributed by atoms with Crippen LogP contribution >= 0.6 is 0 Å². The van der Waals surface area contributed by atoms with E-state index in [1.54, 1.807) is 0 Å². The van der Waals surface area contributed by atoms with Crippen LogP contribution in [0.25, 0.3) is 0 Å².